The maximum atomic E-state index is 12.3. The van der Waals surface area contributed by atoms with Crippen molar-refractivity contribution in [3.8, 4) is 11.5 Å². The van der Waals surface area contributed by atoms with Gasteiger partial charge in [-0.2, -0.15) is 0 Å². The molecule has 10 nitrogen and oxygen atoms in total. The Kier molecular flexibility index (Phi) is 8.95. The number of methoxy groups -OCH3 is 1. The van der Waals surface area contributed by atoms with Gasteiger partial charge in [0, 0.05) is 29.2 Å². The number of nitrogens with zero attached hydrogens (tertiary/aromatic N) is 2. The van der Waals surface area contributed by atoms with Gasteiger partial charge in [-0.1, -0.05) is 19.1 Å². The number of carbonyl (C=O) groups excluding carboxylic acids is 1. The summed E-state index contributed by atoms with van der Waals surface area (Å²) in [5.41, 5.74) is 3.39. The van der Waals surface area contributed by atoms with Crippen molar-refractivity contribution in [3.63, 3.8) is 0 Å². The lowest BCUT2D eigenvalue weighted by atomic mass is 10.1. The number of nitrogens with two attached hydrogens (primary N) is 1. The Morgan fingerprint density at radius 2 is 1.67 bits per heavy atom. The van der Waals surface area contributed by atoms with Crippen LogP contribution in [0.1, 0.15) is 31.7 Å². The molecule has 0 saturated carbocycles. The molecule has 3 aromatic carbocycles. The summed E-state index contributed by atoms with van der Waals surface area (Å²) in [6.45, 7) is 2.50. The molecule has 0 bridgehead atoms. The van der Waals surface area contributed by atoms with E-state index in [4.69, 9.17) is 14.6 Å². The Bertz CT molecular complexity index is 1540. The van der Waals surface area contributed by atoms with Crippen LogP contribution < -0.4 is 25.2 Å². The molecule has 11 heteroatoms. The molecule has 0 saturated heterocycles. The number of nitrogens with one attached hydrogen (secondary N) is 2. The number of sulfonamides is 1. The lowest BCUT2D eigenvalue weighted by Gasteiger charge is -2.14. The second-order valence-corrected chi connectivity index (χ2v) is 10.4. The maximum Gasteiger partial charge on any atom is 0.238 e. The van der Waals surface area contributed by atoms with Crippen LogP contribution in [0, 0.1) is 0 Å². The first-order valence-electron chi connectivity index (χ1n) is 12.5. The van der Waals surface area contributed by atoms with Crippen LogP contribution in [0.15, 0.2) is 71.9 Å². The molecular formula is C28H31N5O5S. The molecule has 0 fully saturated rings. The van der Waals surface area contributed by atoms with Crippen molar-refractivity contribution in [2.75, 3.05) is 24.4 Å². The van der Waals surface area contributed by atoms with E-state index in [2.05, 4.69) is 39.7 Å². The number of aromatic nitrogens is 2. The molecule has 1 heterocycles. The number of anilines is 3. The van der Waals surface area contributed by atoms with E-state index in [0.717, 1.165) is 23.0 Å². The average molecular weight is 550 g/mol. The van der Waals surface area contributed by atoms with Gasteiger partial charge >= 0.3 is 0 Å². The highest BCUT2D eigenvalue weighted by Gasteiger charge is 2.13. The smallest absolute Gasteiger partial charge is 0.238 e. The van der Waals surface area contributed by atoms with Crippen molar-refractivity contribution in [3.05, 3.63) is 72.6 Å². The van der Waals surface area contributed by atoms with Crippen molar-refractivity contribution in [1.29, 1.82) is 0 Å². The molecule has 4 N–H and O–H groups in total. The third-order valence-corrected chi connectivity index (χ3v) is 7.00. The zero-order chi connectivity index (χ0) is 27.8. The van der Waals surface area contributed by atoms with Crippen LogP contribution in [0.4, 0.5) is 17.2 Å². The molecule has 39 heavy (non-hydrogen) atoms. The summed E-state index contributed by atoms with van der Waals surface area (Å²) in [6, 6.07) is 17.6. The van der Waals surface area contributed by atoms with Crippen molar-refractivity contribution in [1.82, 2.24) is 9.97 Å². The number of hydrogen-bond donors (Lipinski definition) is 3. The van der Waals surface area contributed by atoms with Crippen molar-refractivity contribution >= 4 is 44.0 Å². The molecular weight excluding hydrogens is 518 g/mol. The molecule has 0 unspecified atom stereocenters. The van der Waals surface area contributed by atoms with Gasteiger partial charge in [0.1, 0.15) is 12.1 Å². The first kappa shape index (κ1) is 27.8. The van der Waals surface area contributed by atoms with Gasteiger partial charge in [-0.25, -0.2) is 23.5 Å². The van der Waals surface area contributed by atoms with Crippen molar-refractivity contribution < 1.29 is 22.7 Å². The van der Waals surface area contributed by atoms with Gasteiger partial charge in [0.25, 0.3) is 0 Å². The highest BCUT2D eigenvalue weighted by atomic mass is 32.2. The largest absolute Gasteiger partial charge is 0.493 e. The van der Waals surface area contributed by atoms with Crippen LogP contribution >= 0.6 is 0 Å². The van der Waals surface area contributed by atoms with Crippen LogP contribution in [0.2, 0.25) is 0 Å². The molecule has 0 spiro atoms. The van der Waals surface area contributed by atoms with E-state index in [1.54, 1.807) is 7.11 Å². The topological polar surface area (TPSA) is 146 Å². The Morgan fingerprint density at radius 3 is 2.33 bits per heavy atom. The summed E-state index contributed by atoms with van der Waals surface area (Å²) in [5.74, 6) is 1.59. The maximum absolute atomic E-state index is 12.3. The van der Waals surface area contributed by atoms with Gasteiger partial charge in [0.05, 0.1) is 24.1 Å². The van der Waals surface area contributed by atoms with Gasteiger partial charge in [-0.05, 0) is 67.3 Å². The van der Waals surface area contributed by atoms with E-state index in [-0.39, 0.29) is 17.2 Å². The Morgan fingerprint density at radius 1 is 0.949 bits per heavy atom. The molecule has 0 atom stereocenters. The van der Waals surface area contributed by atoms with Crippen LogP contribution in [-0.2, 0) is 21.2 Å². The standard InChI is InChI=1S/C28H31N5O5S/c1-3-19-7-9-21(10-8-19)33-28-23-16-26(25(37-2)17-24(23)30-18-31-28)38-15-5-4-6-27(34)32-20-11-13-22(14-12-20)39(29,35)36/h7-14,16-18H,3-6,15H2,1-2H3,(H,32,34)(H2,29,35,36)(H,30,31,33). The summed E-state index contributed by atoms with van der Waals surface area (Å²) < 4.78 is 34.2. The lowest BCUT2D eigenvalue weighted by Crippen LogP contribution is -2.13. The summed E-state index contributed by atoms with van der Waals surface area (Å²) >= 11 is 0. The first-order valence-corrected chi connectivity index (χ1v) is 14.1. The van der Waals surface area contributed by atoms with E-state index >= 15 is 0 Å². The summed E-state index contributed by atoms with van der Waals surface area (Å²) in [5, 5.41) is 12.0. The highest BCUT2D eigenvalue weighted by Crippen LogP contribution is 2.35. The number of fused-ring (bicyclic) bond motifs is 1. The summed E-state index contributed by atoms with van der Waals surface area (Å²) in [7, 11) is -2.20. The van der Waals surface area contributed by atoms with Gasteiger partial charge < -0.3 is 20.1 Å². The second kappa shape index (κ2) is 12.5. The summed E-state index contributed by atoms with van der Waals surface area (Å²) in [4.78, 5) is 21.0. The van der Waals surface area contributed by atoms with E-state index in [1.807, 2.05) is 24.3 Å². The van der Waals surface area contributed by atoms with Crippen molar-refractivity contribution in [2.24, 2.45) is 5.14 Å². The van der Waals surface area contributed by atoms with Crippen LogP contribution in [0.3, 0.4) is 0 Å². The fourth-order valence-corrected chi connectivity index (χ4v) is 4.43. The van der Waals surface area contributed by atoms with E-state index in [9.17, 15) is 13.2 Å². The zero-order valence-electron chi connectivity index (χ0n) is 21.8. The van der Waals surface area contributed by atoms with Gasteiger partial charge in [-0.15, -0.1) is 0 Å². The quantitative estimate of drug-likeness (QED) is 0.214. The van der Waals surface area contributed by atoms with E-state index < -0.39 is 10.0 Å². The number of carbonyl (C=O) groups is 1. The van der Waals surface area contributed by atoms with Gasteiger partial charge in [-0.3, -0.25) is 4.79 Å². The van der Waals surface area contributed by atoms with Crippen LogP contribution in [0.5, 0.6) is 11.5 Å². The van der Waals surface area contributed by atoms with E-state index in [0.29, 0.717) is 42.5 Å². The molecule has 0 aliphatic carbocycles. The number of rotatable bonds is 12. The number of ether oxygens (including phenoxy) is 2. The third kappa shape index (κ3) is 7.43. The Balaban J connectivity index is 1.34. The van der Waals surface area contributed by atoms with Crippen molar-refractivity contribution in [2.45, 2.75) is 37.5 Å². The molecule has 0 aliphatic heterocycles. The molecule has 0 radical (unpaired) electrons. The zero-order valence-corrected chi connectivity index (χ0v) is 22.6. The predicted octanol–water partition coefficient (Wildman–Crippen LogP) is 4.78. The van der Waals surface area contributed by atoms with Gasteiger partial charge in [0.15, 0.2) is 11.5 Å². The van der Waals surface area contributed by atoms with E-state index in [1.165, 1.54) is 36.2 Å². The van der Waals surface area contributed by atoms with Gasteiger partial charge in [0.2, 0.25) is 15.9 Å². The second-order valence-electron chi connectivity index (χ2n) is 8.84. The fraction of sp³-hybridized carbons (Fsp3) is 0.250. The first-order chi connectivity index (χ1) is 18.8. The number of unbranched alkanes of at least 4 members (excludes halogenated alkanes) is 1. The number of amides is 1. The highest BCUT2D eigenvalue weighted by molar-refractivity contribution is 7.89. The molecule has 204 valence electrons. The molecule has 1 amide bonds. The number of aryl methyl sites for hydroxylation is 1. The Labute approximate surface area is 227 Å². The third-order valence-electron chi connectivity index (χ3n) is 6.07. The summed E-state index contributed by atoms with van der Waals surface area (Å²) in [6.07, 6.45) is 4.00. The SMILES string of the molecule is CCc1ccc(Nc2ncnc3cc(OC)c(OCCCCC(=O)Nc4ccc(S(N)(=O)=O)cc4)cc23)cc1. The number of hydrogen-bond acceptors (Lipinski definition) is 8. The average Bonchev–Trinajstić information content (AvgIpc) is 2.93. The minimum atomic E-state index is -3.77. The monoisotopic (exact) mass is 549 g/mol. The Hall–Kier alpha value is -4.22. The lowest BCUT2D eigenvalue weighted by molar-refractivity contribution is -0.116. The normalized spacial score (nSPS) is 11.3. The minimum absolute atomic E-state index is 0.0122. The molecule has 4 aromatic rings. The fourth-order valence-electron chi connectivity index (χ4n) is 3.92. The molecule has 4 rings (SSSR count). The number of primary sulfonamides is 1. The molecule has 1 aromatic heterocycles. The predicted molar refractivity (Wildman–Crippen MR) is 151 cm³/mol. The van der Waals surface area contributed by atoms with Crippen LogP contribution in [0.25, 0.3) is 10.9 Å². The molecule has 0 aliphatic rings. The minimum Gasteiger partial charge on any atom is -0.493 e. The number of benzene rings is 3. The van der Waals surface area contributed by atoms with Crippen LogP contribution in [-0.4, -0.2) is 38.0 Å².